The van der Waals surface area contributed by atoms with Gasteiger partial charge < -0.3 is 0 Å². The zero-order chi connectivity index (χ0) is 12.1. The number of hydrogen-bond donors (Lipinski definition) is 1. The lowest BCUT2D eigenvalue weighted by molar-refractivity contribution is 1.14. The number of anilines is 1. The highest BCUT2D eigenvalue weighted by atomic mass is 35.5. The van der Waals surface area contributed by atoms with Gasteiger partial charge in [-0.2, -0.15) is 5.10 Å². The van der Waals surface area contributed by atoms with E-state index in [1.165, 1.54) is 11.9 Å². The van der Waals surface area contributed by atoms with E-state index in [4.69, 9.17) is 11.6 Å². The molecule has 0 amide bonds. The molecule has 0 spiro atoms. The summed E-state index contributed by atoms with van der Waals surface area (Å²) in [6, 6.07) is 9.59. The molecule has 0 saturated carbocycles. The molecule has 0 radical (unpaired) electrons. The molecule has 0 aliphatic heterocycles. The van der Waals surface area contributed by atoms with E-state index < -0.39 is 0 Å². The maximum atomic E-state index is 5.72. The number of hydrogen-bond acceptors (Lipinski definition) is 4. The molecule has 1 aromatic carbocycles. The van der Waals surface area contributed by atoms with Crippen LogP contribution in [0.4, 0.5) is 5.82 Å². The summed E-state index contributed by atoms with van der Waals surface area (Å²) < 4.78 is 0. The molecule has 17 heavy (non-hydrogen) atoms. The van der Waals surface area contributed by atoms with Crippen LogP contribution in [0.5, 0.6) is 0 Å². The molecular formula is C12H11ClN4. The van der Waals surface area contributed by atoms with Gasteiger partial charge in [0, 0.05) is 6.07 Å². The van der Waals surface area contributed by atoms with Crippen molar-refractivity contribution in [3.63, 3.8) is 0 Å². The number of aromatic nitrogens is 2. The van der Waals surface area contributed by atoms with Crippen molar-refractivity contribution in [3.05, 3.63) is 52.9 Å². The molecule has 1 heterocycles. The van der Waals surface area contributed by atoms with E-state index in [9.17, 15) is 0 Å². The van der Waals surface area contributed by atoms with E-state index in [-0.39, 0.29) is 0 Å². The summed E-state index contributed by atoms with van der Waals surface area (Å²) in [5.74, 6) is 0.565. The third-order valence-corrected chi connectivity index (χ3v) is 2.41. The average Bonchev–Trinajstić information content (AvgIpc) is 2.32. The second-order valence-corrected chi connectivity index (χ2v) is 3.84. The number of rotatable bonds is 3. The Hall–Kier alpha value is -1.94. The molecule has 0 bridgehead atoms. The molecule has 0 saturated heterocycles. The molecule has 5 heteroatoms. The van der Waals surface area contributed by atoms with Crippen molar-refractivity contribution in [2.75, 3.05) is 5.43 Å². The van der Waals surface area contributed by atoms with E-state index in [1.54, 1.807) is 12.3 Å². The second kappa shape index (κ2) is 5.41. The highest BCUT2D eigenvalue weighted by Crippen LogP contribution is 2.08. The van der Waals surface area contributed by atoms with Crippen LogP contribution in [-0.4, -0.2) is 16.2 Å². The predicted molar refractivity (Wildman–Crippen MR) is 69.4 cm³/mol. The molecule has 86 valence electrons. The predicted octanol–water partition coefficient (Wildman–Crippen LogP) is 2.88. The second-order valence-electron chi connectivity index (χ2n) is 3.45. The van der Waals surface area contributed by atoms with E-state index >= 15 is 0 Å². The zero-order valence-electron chi connectivity index (χ0n) is 9.26. The molecule has 0 aliphatic carbocycles. The fourth-order valence-electron chi connectivity index (χ4n) is 1.29. The van der Waals surface area contributed by atoms with Gasteiger partial charge in [0.05, 0.1) is 6.21 Å². The van der Waals surface area contributed by atoms with Gasteiger partial charge in [0.1, 0.15) is 11.5 Å². The number of aryl methyl sites for hydroxylation is 1. The van der Waals surface area contributed by atoms with Crippen LogP contribution in [0.2, 0.25) is 5.15 Å². The lowest BCUT2D eigenvalue weighted by atomic mass is 10.1. The Morgan fingerprint density at radius 1 is 1.29 bits per heavy atom. The van der Waals surface area contributed by atoms with Crippen LogP contribution in [-0.2, 0) is 0 Å². The largest absolute Gasteiger partial charge is 0.261 e. The van der Waals surface area contributed by atoms with Crippen LogP contribution >= 0.6 is 11.6 Å². The first kappa shape index (κ1) is 11.5. The molecule has 0 fully saturated rings. The Morgan fingerprint density at radius 2 is 2.12 bits per heavy atom. The van der Waals surface area contributed by atoms with Gasteiger partial charge in [-0.15, -0.1) is 0 Å². The van der Waals surface area contributed by atoms with Crippen LogP contribution in [0, 0.1) is 6.92 Å². The minimum Gasteiger partial charge on any atom is -0.261 e. The van der Waals surface area contributed by atoms with Crippen LogP contribution in [0.15, 0.2) is 41.8 Å². The van der Waals surface area contributed by atoms with Crippen molar-refractivity contribution in [1.29, 1.82) is 0 Å². The van der Waals surface area contributed by atoms with Gasteiger partial charge in [-0.05, 0) is 18.1 Å². The Morgan fingerprint density at radius 3 is 2.88 bits per heavy atom. The average molecular weight is 247 g/mol. The summed E-state index contributed by atoms with van der Waals surface area (Å²) in [5.41, 5.74) is 5.02. The van der Waals surface area contributed by atoms with Gasteiger partial charge in [0.15, 0.2) is 5.82 Å². The number of nitrogens with one attached hydrogen (secondary N) is 1. The van der Waals surface area contributed by atoms with E-state index in [0.717, 1.165) is 5.56 Å². The SMILES string of the molecule is Cc1ccccc1/C=N/Nc1cc(Cl)ncn1. The van der Waals surface area contributed by atoms with Gasteiger partial charge in [0.2, 0.25) is 0 Å². The monoisotopic (exact) mass is 246 g/mol. The van der Waals surface area contributed by atoms with Gasteiger partial charge in [0.25, 0.3) is 0 Å². The summed E-state index contributed by atoms with van der Waals surface area (Å²) in [5, 5.41) is 4.47. The zero-order valence-corrected chi connectivity index (χ0v) is 10.0. The van der Waals surface area contributed by atoms with Crippen LogP contribution in [0.3, 0.4) is 0 Å². The van der Waals surface area contributed by atoms with Crippen molar-refractivity contribution in [2.45, 2.75) is 6.92 Å². The Labute approximate surface area is 104 Å². The first-order valence-corrected chi connectivity index (χ1v) is 5.46. The molecule has 1 N–H and O–H groups in total. The van der Waals surface area contributed by atoms with Crippen molar-refractivity contribution >= 4 is 23.6 Å². The van der Waals surface area contributed by atoms with Gasteiger partial charge in [-0.3, -0.25) is 5.43 Å². The normalized spacial score (nSPS) is 10.7. The quantitative estimate of drug-likeness (QED) is 0.515. The number of halogens is 1. The Balaban J connectivity index is 2.06. The topological polar surface area (TPSA) is 50.2 Å². The molecule has 0 aliphatic rings. The molecule has 2 aromatic rings. The fraction of sp³-hybridized carbons (Fsp3) is 0.0833. The summed E-state index contributed by atoms with van der Waals surface area (Å²) in [4.78, 5) is 7.76. The van der Waals surface area contributed by atoms with E-state index in [0.29, 0.717) is 11.0 Å². The summed E-state index contributed by atoms with van der Waals surface area (Å²) in [6.07, 6.45) is 3.12. The summed E-state index contributed by atoms with van der Waals surface area (Å²) in [7, 11) is 0. The first-order valence-electron chi connectivity index (χ1n) is 5.08. The molecule has 0 atom stereocenters. The van der Waals surface area contributed by atoms with E-state index in [1.807, 2.05) is 31.2 Å². The minimum absolute atomic E-state index is 0.383. The van der Waals surface area contributed by atoms with Gasteiger partial charge in [-0.1, -0.05) is 35.9 Å². The maximum absolute atomic E-state index is 5.72. The van der Waals surface area contributed by atoms with Crippen LogP contribution in [0.1, 0.15) is 11.1 Å². The van der Waals surface area contributed by atoms with Crippen molar-refractivity contribution in [2.24, 2.45) is 5.10 Å². The van der Waals surface area contributed by atoms with Crippen molar-refractivity contribution < 1.29 is 0 Å². The summed E-state index contributed by atoms with van der Waals surface area (Å²) >= 11 is 5.72. The molecule has 1 aromatic heterocycles. The van der Waals surface area contributed by atoms with Crippen molar-refractivity contribution in [3.8, 4) is 0 Å². The van der Waals surface area contributed by atoms with Crippen LogP contribution < -0.4 is 5.43 Å². The summed E-state index contributed by atoms with van der Waals surface area (Å²) in [6.45, 7) is 2.03. The number of hydrazone groups is 1. The van der Waals surface area contributed by atoms with E-state index in [2.05, 4.69) is 20.5 Å². The Kier molecular flexibility index (Phi) is 3.67. The molecule has 2 rings (SSSR count). The fourth-order valence-corrected chi connectivity index (χ4v) is 1.44. The van der Waals surface area contributed by atoms with Gasteiger partial charge >= 0.3 is 0 Å². The standard InChI is InChI=1S/C12H11ClN4/c1-9-4-2-3-5-10(9)7-16-17-12-6-11(13)14-8-15-12/h2-8H,1H3,(H,14,15,17)/b16-7+. The van der Waals surface area contributed by atoms with Crippen molar-refractivity contribution in [1.82, 2.24) is 9.97 Å². The third kappa shape index (κ3) is 3.26. The third-order valence-electron chi connectivity index (χ3n) is 2.20. The Bertz CT molecular complexity index is 540. The van der Waals surface area contributed by atoms with Gasteiger partial charge in [-0.25, -0.2) is 9.97 Å². The number of nitrogens with zero attached hydrogens (tertiary/aromatic N) is 3. The first-order chi connectivity index (χ1) is 8.25. The highest BCUT2D eigenvalue weighted by molar-refractivity contribution is 6.29. The molecule has 4 nitrogen and oxygen atoms in total. The molecular weight excluding hydrogens is 236 g/mol. The highest BCUT2D eigenvalue weighted by Gasteiger charge is 1.94. The minimum atomic E-state index is 0.383. The lowest BCUT2D eigenvalue weighted by Gasteiger charge is -2.00. The van der Waals surface area contributed by atoms with Crippen LogP contribution in [0.25, 0.3) is 0 Å². The number of benzene rings is 1. The lowest BCUT2D eigenvalue weighted by Crippen LogP contribution is -1.95. The smallest absolute Gasteiger partial charge is 0.151 e. The molecule has 0 unspecified atom stereocenters. The maximum Gasteiger partial charge on any atom is 0.151 e.